The maximum Gasteiger partial charge on any atom is 0.330 e. The van der Waals surface area contributed by atoms with Crippen molar-refractivity contribution in [2.75, 3.05) is 0 Å². The van der Waals surface area contributed by atoms with Crippen LogP contribution in [-0.2, 0) is 4.65 Å². The summed E-state index contributed by atoms with van der Waals surface area (Å²) in [5, 5.41) is 10.1. The average molecular weight is 281 g/mol. The number of rotatable bonds is 5. The minimum absolute atomic E-state index is 0.648. The first-order valence-corrected chi connectivity index (χ1v) is 7.18. The third-order valence-corrected chi connectivity index (χ3v) is 3.98. The highest BCUT2D eigenvalue weighted by Crippen LogP contribution is 2.24. The van der Waals surface area contributed by atoms with E-state index >= 15 is 0 Å². The predicted octanol–water partition coefficient (Wildman–Crippen LogP) is 3.16. The smallest absolute Gasteiger partial charge is 0.330 e. The van der Waals surface area contributed by atoms with Gasteiger partial charge in [-0.15, -0.1) is 0 Å². The summed E-state index contributed by atoms with van der Waals surface area (Å²) < 4.78 is 5.75. The fourth-order valence-corrected chi connectivity index (χ4v) is 1.74. The molecule has 2 nitrogen and oxygen atoms in total. The molecule has 1 N–H and O–H groups in total. The first kappa shape index (κ1) is 15.8. The molecule has 2 aromatic carbocycles. The topological polar surface area (TPSA) is 29.5 Å². The van der Waals surface area contributed by atoms with Crippen LogP contribution in [-0.4, -0.2) is 23.8 Å². The minimum Gasteiger partial charge on any atom is -0.427 e. The third kappa shape index (κ3) is 3.96. The van der Waals surface area contributed by atoms with Crippen LogP contribution in [0.1, 0.15) is 27.7 Å². The van der Waals surface area contributed by atoms with Gasteiger partial charge in [0.2, 0.25) is 0 Å². The van der Waals surface area contributed by atoms with E-state index in [0.717, 1.165) is 5.46 Å². The van der Waals surface area contributed by atoms with Gasteiger partial charge in [0.15, 0.2) is 0 Å². The molecule has 0 unspecified atom stereocenters. The molecule has 2 rings (SSSR count). The van der Waals surface area contributed by atoms with E-state index in [1.165, 1.54) is 11.1 Å². The second-order valence-electron chi connectivity index (χ2n) is 6.29. The summed E-state index contributed by atoms with van der Waals surface area (Å²) in [4.78, 5) is 0. The van der Waals surface area contributed by atoms with Crippen LogP contribution in [0.4, 0.5) is 0 Å². The predicted molar refractivity (Wildman–Crippen MR) is 88.7 cm³/mol. The fourth-order valence-electron chi connectivity index (χ4n) is 1.74. The van der Waals surface area contributed by atoms with Gasteiger partial charge in [-0.2, -0.15) is 0 Å². The maximum atomic E-state index is 10.1. The van der Waals surface area contributed by atoms with Gasteiger partial charge in [0, 0.05) is 0 Å². The highest BCUT2D eigenvalue weighted by molar-refractivity contribution is 6.47. The van der Waals surface area contributed by atoms with E-state index in [2.05, 4.69) is 24.3 Å². The lowest BCUT2D eigenvalue weighted by atomic mass is 9.82. The van der Waals surface area contributed by atoms with Crippen LogP contribution < -0.4 is 5.46 Å². The molecule has 0 bridgehead atoms. The van der Waals surface area contributed by atoms with E-state index in [-0.39, 0.29) is 0 Å². The van der Waals surface area contributed by atoms with Crippen molar-refractivity contribution in [3.63, 3.8) is 0 Å². The average Bonchev–Trinajstić information content (AvgIpc) is 2.45. The standard InChI is InChI=1S/C18H22BO2/c1-17(2,20)18(3,4)21-19-16-12-10-15(11-13-16)14-8-6-5-7-9-14/h5-13,20H,1-4H3. The molecule has 0 amide bonds. The molecule has 0 aliphatic heterocycles. The third-order valence-electron chi connectivity index (χ3n) is 3.98. The molecule has 0 aromatic heterocycles. The molecular weight excluding hydrogens is 259 g/mol. The molecule has 0 spiro atoms. The van der Waals surface area contributed by atoms with Crippen LogP contribution in [0.3, 0.4) is 0 Å². The number of hydrogen-bond donors (Lipinski definition) is 1. The lowest BCUT2D eigenvalue weighted by Crippen LogP contribution is -2.49. The number of hydrogen-bond acceptors (Lipinski definition) is 2. The van der Waals surface area contributed by atoms with E-state index in [1.54, 1.807) is 21.3 Å². The van der Waals surface area contributed by atoms with Crippen molar-refractivity contribution in [1.29, 1.82) is 0 Å². The first-order chi connectivity index (χ1) is 9.79. The Morgan fingerprint density at radius 3 is 1.86 bits per heavy atom. The second-order valence-corrected chi connectivity index (χ2v) is 6.29. The van der Waals surface area contributed by atoms with Gasteiger partial charge in [-0.3, -0.25) is 0 Å². The van der Waals surface area contributed by atoms with Gasteiger partial charge in [0.1, 0.15) is 0 Å². The number of aliphatic hydroxyl groups is 1. The Hall–Kier alpha value is -1.58. The summed E-state index contributed by atoms with van der Waals surface area (Å²) >= 11 is 0. The SMILES string of the molecule is CC(C)(O)C(C)(C)O[B]c1ccc(-c2ccccc2)cc1. The molecule has 3 heteroatoms. The van der Waals surface area contributed by atoms with Crippen molar-refractivity contribution >= 4 is 12.9 Å². The Labute approximate surface area is 128 Å². The molecule has 109 valence electrons. The summed E-state index contributed by atoms with van der Waals surface area (Å²) in [5.74, 6) is 0. The van der Waals surface area contributed by atoms with Gasteiger partial charge in [-0.05, 0) is 38.8 Å². The van der Waals surface area contributed by atoms with Crippen LogP contribution in [0.15, 0.2) is 54.6 Å². The Kier molecular flexibility index (Phi) is 4.55. The number of benzene rings is 2. The largest absolute Gasteiger partial charge is 0.427 e. The molecular formula is C18H22BO2. The van der Waals surface area contributed by atoms with Gasteiger partial charge < -0.3 is 9.76 Å². The normalized spacial score (nSPS) is 12.2. The summed E-state index contributed by atoms with van der Waals surface area (Å²) in [7, 11) is 1.70. The lowest BCUT2D eigenvalue weighted by Gasteiger charge is -2.37. The summed E-state index contributed by atoms with van der Waals surface area (Å²) in [6.07, 6.45) is 0. The van der Waals surface area contributed by atoms with Crippen molar-refractivity contribution in [1.82, 2.24) is 0 Å². The summed E-state index contributed by atoms with van der Waals surface area (Å²) in [6.45, 7) is 7.25. The van der Waals surface area contributed by atoms with Gasteiger partial charge in [0.25, 0.3) is 0 Å². The summed E-state index contributed by atoms with van der Waals surface area (Å²) in [6, 6.07) is 18.4. The highest BCUT2D eigenvalue weighted by atomic mass is 16.5. The Bertz CT molecular complexity index is 568. The summed E-state index contributed by atoms with van der Waals surface area (Å²) in [5.41, 5.74) is 1.79. The van der Waals surface area contributed by atoms with Crippen LogP contribution in [0, 0.1) is 0 Å². The van der Waals surface area contributed by atoms with Crippen LogP contribution in [0.5, 0.6) is 0 Å². The Morgan fingerprint density at radius 1 is 0.810 bits per heavy atom. The van der Waals surface area contributed by atoms with Crippen molar-refractivity contribution in [3.8, 4) is 11.1 Å². The fraction of sp³-hybridized carbons (Fsp3) is 0.333. The minimum atomic E-state index is -0.909. The Balaban J connectivity index is 2.04. The van der Waals surface area contributed by atoms with E-state index < -0.39 is 11.2 Å². The van der Waals surface area contributed by atoms with Crippen LogP contribution in [0.2, 0.25) is 0 Å². The first-order valence-electron chi connectivity index (χ1n) is 7.18. The molecule has 0 heterocycles. The van der Waals surface area contributed by atoms with Crippen molar-refractivity contribution < 1.29 is 9.76 Å². The molecule has 1 radical (unpaired) electrons. The molecule has 0 saturated carbocycles. The second kappa shape index (κ2) is 6.04. The van der Waals surface area contributed by atoms with Crippen molar-refractivity contribution in [2.24, 2.45) is 0 Å². The van der Waals surface area contributed by atoms with Gasteiger partial charge >= 0.3 is 7.48 Å². The molecule has 0 aliphatic carbocycles. The molecule has 21 heavy (non-hydrogen) atoms. The molecule has 0 aliphatic rings. The van der Waals surface area contributed by atoms with Gasteiger partial charge in [0.05, 0.1) is 11.2 Å². The zero-order valence-electron chi connectivity index (χ0n) is 13.1. The molecule has 0 fully saturated rings. The lowest BCUT2D eigenvalue weighted by molar-refractivity contribution is -0.0893. The van der Waals surface area contributed by atoms with E-state index in [4.69, 9.17) is 4.65 Å². The molecule has 0 atom stereocenters. The van der Waals surface area contributed by atoms with Gasteiger partial charge in [-0.1, -0.05) is 60.1 Å². The van der Waals surface area contributed by atoms with Crippen LogP contribution in [0.25, 0.3) is 11.1 Å². The Morgan fingerprint density at radius 2 is 1.33 bits per heavy atom. The van der Waals surface area contributed by atoms with Crippen molar-refractivity contribution in [2.45, 2.75) is 38.9 Å². The van der Waals surface area contributed by atoms with E-state index in [0.29, 0.717) is 0 Å². The van der Waals surface area contributed by atoms with Crippen LogP contribution >= 0.6 is 0 Å². The highest BCUT2D eigenvalue weighted by Gasteiger charge is 2.35. The maximum absolute atomic E-state index is 10.1. The van der Waals surface area contributed by atoms with E-state index in [9.17, 15) is 5.11 Å². The molecule has 0 saturated heterocycles. The van der Waals surface area contributed by atoms with Crippen molar-refractivity contribution in [3.05, 3.63) is 54.6 Å². The quantitative estimate of drug-likeness (QED) is 0.853. The monoisotopic (exact) mass is 281 g/mol. The zero-order chi connectivity index (χ0) is 15.5. The molecule has 2 aromatic rings. The van der Waals surface area contributed by atoms with Gasteiger partial charge in [-0.25, -0.2) is 0 Å². The zero-order valence-corrected chi connectivity index (χ0v) is 13.1. The van der Waals surface area contributed by atoms with E-state index in [1.807, 2.05) is 44.2 Å².